The smallest absolute Gasteiger partial charge is 0.317 e. The Bertz CT molecular complexity index is 1590. The molecule has 2 aromatic heterocycles. The summed E-state index contributed by atoms with van der Waals surface area (Å²) in [6.07, 6.45) is 2.61. The summed E-state index contributed by atoms with van der Waals surface area (Å²) < 4.78 is 11.8. The van der Waals surface area contributed by atoms with Gasteiger partial charge in [0.05, 0.1) is 30.2 Å². The van der Waals surface area contributed by atoms with E-state index in [1.165, 1.54) is 6.20 Å². The molecule has 0 radical (unpaired) electrons. The fourth-order valence-corrected chi connectivity index (χ4v) is 4.76. The molecule has 40 heavy (non-hydrogen) atoms. The van der Waals surface area contributed by atoms with Crippen molar-refractivity contribution < 1.29 is 13.9 Å². The van der Waals surface area contributed by atoms with E-state index in [0.29, 0.717) is 40.9 Å². The van der Waals surface area contributed by atoms with Gasteiger partial charge in [-0.3, -0.25) is 4.79 Å². The third kappa shape index (κ3) is 5.44. The van der Waals surface area contributed by atoms with Crippen LogP contribution >= 0.6 is 0 Å². The lowest BCUT2D eigenvalue weighted by molar-refractivity contribution is -0.116. The van der Waals surface area contributed by atoms with Crippen LogP contribution in [0.15, 0.2) is 76.3 Å². The van der Waals surface area contributed by atoms with Crippen LogP contribution in [0.5, 0.6) is 0 Å². The van der Waals surface area contributed by atoms with E-state index >= 15 is 0 Å². The quantitative estimate of drug-likeness (QED) is 0.309. The lowest BCUT2D eigenvalue weighted by Crippen LogP contribution is -2.32. The van der Waals surface area contributed by atoms with Crippen molar-refractivity contribution in [1.29, 1.82) is 5.26 Å². The Labute approximate surface area is 230 Å². The Morgan fingerprint density at radius 2 is 1.98 bits per heavy atom. The normalized spacial score (nSPS) is 18.3. The number of amides is 1. The number of hydrogen-bond acceptors (Lipinski definition) is 10. The molecular formula is C29H26N8O3. The number of nitrogens with zero attached hydrogens (tertiary/aromatic N) is 5. The van der Waals surface area contributed by atoms with E-state index in [9.17, 15) is 10.1 Å². The molecule has 2 atom stereocenters. The Morgan fingerprint density at radius 1 is 1.12 bits per heavy atom. The molecule has 2 unspecified atom stereocenters. The molecule has 3 N–H and O–H groups in total. The van der Waals surface area contributed by atoms with Crippen molar-refractivity contribution >= 4 is 23.3 Å². The van der Waals surface area contributed by atoms with Crippen molar-refractivity contribution in [2.75, 3.05) is 23.8 Å². The first kappa shape index (κ1) is 25.4. The number of carbonyl (C=O) groups is 1. The molecule has 0 bridgehead atoms. The van der Waals surface area contributed by atoms with Crippen molar-refractivity contribution in [3.63, 3.8) is 0 Å². The molecule has 4 heterocycles. The van der Waals surface area contributed by atoms with Crippen molar-refractivity contribution in [3.8, 4) is 17.7 Å². The van der Waals surface area contributed by atoms with Crippen LogP contribution in [-0.4, -0.2) is 52.2 Å². The number of fused-ring (bicyclic) bond motifs is 1. The average Bonchev–Trinajstić information content (AvgIpc) is 3.66. The van der Waals surface area contributed by atoms with E-state index in [0.717, 1.165) is 30.5 Å². The van der Waals surface area contributed by atoms with Crippen LogP contribution < -0.4 is 16.0 Å². The Kier molecular flexibility index (Phi) is 7.26. The molecule has 0 aliphatic carbocycles. The first-order chi connectivity index (χ1) is 19.7. The molecule has 0 spiro atoms. The summed E-state index contributed by atoms with van der Waals surface area (Å²) in [5.41, 5.74) is 4.43. The second-order valence-corrected chi connectivity index (χ2v) is 9.49. The number of hydrogen-bond donors (Lipinski definition) is 3. The zero-order valence-corrected chi connectivity index (χ0v) is 21.5. The number of ether oxygens (including phenoxy) is 1. The maximum absolute atomic E-state index is 13.2. The van der Waals surface area contributed by atoms with Crippen molar-refractivity contribution in [2.24, 2.45) is 4.99 Å². The Morgan fingerprint density at radius 3 is 2.80 bits per heavy atom. The van der Waals surface area contributed by atoms with E-state index in [2.05, 4.69) is 37.2 Å². The van der Waals surface area contributed by atoms with Crippen molar-refractivity contribution in [2.45, 2.75) is 31.7 Å². The predicted octanol–water partition coefficient (Wildman–Crippen LogP) is 3.50. The number of aliphatic imine (C=N–C) groups is 1. The summed E-state index contributed by atoms with van der Waals surface area (Å²) in [7, 11) is 0. The number of aromatic nitrogens is 3. The maximum Gasteiger partial charge on any atom is 0.317 e. The lowest BCUT2D eigenvalue weighted by atomic mass is 10.0. The number of para-hydroxylation sites is 1. The summed E-state index contributed by atoms with van der Waals surface area (Å²) >= 11 is 0. The summed E-state index contributed by atoms with van der Waals surface area (Å²) in [5.74, 6) is -0.238. The first-order valence-corrected chi connectivity index (χ1v) is 13.0. The molecule has 1 saturated heterocycles. The first-order valence-electron chi connectivity index (χ1n) is 13.0. The minimum atomic E-state index is -1.04. The monoisotopic (exact) mass is 534 g/mol. The number of pyridine rings is 1. The molecule has 1 fully saturated rings. The highest BCUT2D eigenvalue weighted by molar-refractivity contribution is 6.19. The molecule has 11 nitrogen and oxygen atoms in total. The average molecular weight is 535 g/mol. The Balaban J connectivity index is 1.26. The standard InChI is InChI=1S/C29H26N8O3/c30-14-18-13-20(16-39-17-21-9-6-12-31-21)25(32-15-18)28-36-37-29(40-28)35-26-27(38)33-23-11-5-4-10-22(23)24(34-26)19-7-2-1-3-8-19/h1-5,7-8,10-11,13,15,21,26,31H,6,9,12,16-17H2,(H,33,38)(H,35,37). The molecule has 1 amide bonds. The number of benzodiazepines with no additional fused rings is 1. The summed E-state index contributed by atoms with van der Waals surface area (Å²) in [6, 6.07) is 21.3. The van der Waals surface area contributed by atoms with Crippen LogP contribution in [0.4, 0.5) is 11.7 Å². The molecule has 4 aromatic rings. The molecule has 0 saturated carbocycles. The molecular weight excluding hydrogens is 508 g/mol. The SMILES string of the molecule is N#Cc1cnc(-c2nnc(NC3N=C(c4ccccc4)c4ccccc4NC3=O)o2)c(COCC2CCCN2)c1. The summed E-state index contributed by atoms with van der Waals surface area (Å²) in [6.45, 7) is 1.77. The van der Waals surface area contributed by atoms with Gasteiger partial charge in [0.1, 0.15) is 11.8 Å². The minimum absolute atomic E-state index is 0.00505. The maximum atomic E-state index is 13.2. The second-order valence-electron chi connectivity index (χ2n) is 9.49. The predicted molar refractivity (Wildman–Crippen MR) is 147 cm³/mol. The Hall–Kier alpha value is -4.92. The number of nitriles is 1. The zero-order chi connectivity index (χ0) is 27.3. The highest BCUT2D eigenvalue weighted by Gasteiger charge is 2.27. The van der Waals surface area contributed by atoms with Gasteiger partial charge in [-0.15, -0.1) is 5.10 Å². The topological polar surface area (TPSA) is 150 Å². The number of rotatable bonds is 8. The van der Waals surface area contributed by atoms with Crippen LogP contribution in [0.2, 0.25) is 0 Å². The largest absolute Gasteiger partial charge is 0.402 e. The second kappa shape index (κ2) is 11.4. The lowest BCUT2D eigenvalue weighted by Gasteiger charge is -2.12. The summed E-state index contributed by atoms with van der Waals surface area (Å²) in [5, 5.41) is 26.9. The van der Waals surface area contributed by atoms with E-state index in [4.69, 9.17) is 14.1 Å². The van der Waals surface area contributed by atoms with Gasteiger partial charge in [0.15, 0.2) is 0 Å². The third-order valence-electron chi connectivity index (χ3n) is 6.72. The van der Waals surface area contributed by atoms with Crippen molar-refractivity contribution in [3.05, 3.63) is 89.1 Å². The van der Waals surface area contributed by atoms with Gasteiger partial charge in [-0.05, 0) is 31.5 Å². The van der Waals surface area contributed by atoms with Crippen LogP contribution in [-0.2, 0) is 16.1 Å². The van der Waals surface area contributed by atoms with E-state index in [1.807, 2.05) is 54.6 Å². The van der Waals surface area contributed by atoms with Gasteiger partial charge in [-0.2, -0.15) is 5.26 Å². The number of anilines is 2. The molecule has 2 aromatic carbocycles. The van der Waals surface area contributed by atoms with E-state index < -0.39 is 6.17 Å². The van der Waals surface area contributed by atoms with Gasteiger partial charge in [0.25, 0.3) is 11.8 Å². The molecule has 200 valence electrons. The van der Waals surface area contributed by atoms with Gasteiger partial charge < -0.3 is 25.1 Å². The van der Waals surface area contributed by atoms with Gasteiger partial charge in [-0.25, -0.2) is 9.98 Å². The van der Waals surface area contributed by atoms with Gasteiger partial charge in [-0.1, -0.05) is 53.6 Å². The van der Waals surface area contributed by atoms with E-state index in [1.54, 1.807) is 6.07 Å². The van der Waals surface area contributed by atoms with Crippen LogP contribution in [0, 0.1) is 11.3 Å². The molecule has 6 rings (SSSR count). The number of benzene rings is 2. The van der Waals surface area contributed by atoms with Crippen LogP contribution in [0.1, 0.15) is 35.1 Å². The van der Waals surface area contributed by atoms with Crippen LogP contribution in [0.3, 0.4) is 0 Å². The molecule has 2 aliphatic rings. The third-order valence-corrected chi connectivity index (χ3v) is 6.72. The minimum Gasteiger partial charge on any atom is -0.402 e. The van der Waals surface area contributed by atoms with E-state index in [-0.39, 0.29) is 24.4 Å². The zero-order valence-electron chi connectivity index (χ0n) is 21.5. The van der Waals surface area contributed by atoms with Crippen molar-refractivity contribution in [1.82, 2.24) is 20.5 Å². The highest BCUT2D eigenvalue weighted by Crippen LogP contribution is 2.27. The fourth-order valence-electron chi connectivity index (χ4n) is 4.76. The van der Waals surface area contributed by atoms with Gasteiger partial charge in [0, 0.05) is 28.9 Å². The number of carbonyl (C=O) groups excluding carboxylic acids is 1. The number of nitrogens with one attached hydrogen (secondary N) is 3. The fraction of sp³-hybridized carbons (Fsp3) is 0.241. The molecule has 2 aliphatic heterocycles. The van der Waals surface area contributed by atoms with Gasteiger partial charge >= 0.3 is 6.01 Å². The van der Waals surface area contributed by atoms with Crippen LogP contribution in [0.25, 0.3) is 11.6 Å². The summed E-state index contributed by atoms with van der Waals surface area (Å²) in [4.78, 5) is 22.3. The highest BCUT2D eigenvalue weighted by atomic mass is 16.5. The van der Waals surface area contributed by atoms with Gasteiger partial charge in [0.2, 0.25) is 6.17 Å². The molecule has 11 heteroatoms.